The van der Waals surface area contributed by atoms with E-state index in [2.05, 4.69) is 0 Å². The lowest BCUT2D eigenvalue weighted by molar-refractivity contribution is -0.137. The van der Waals surface area contributed by atoms with Gasteiger partial charge in [0.2, 0.25) is 0 Å². The number of anilines is 2. The highest BCUT2D eigenvalue weighted by Gasteiger charge is 2.31. The van der Waals surface area contributed by atoms with Gasteiger partial charge in [-0.1, -0.05) is 12.1 Å². The van der Waals surface area contributed by atoms with Crippen molar-refractivity contribution < 1.29 is 17.6 Å². The number of hydrogen-bond acceptors (Lipinski definition) is 3. The quantitative estimate of drug-likeness (QED) is 0.767. The molecule has 0 bridgehead atoms. The van der Waals surface area contributed by atoms with Gasteiger partial charge in [0.15, 0.2) is 0 Å². The monoisotopic (exact) mass is 349 g/mol. The maximum atomic E-state index is 13.7. The molecule has 0 spiro atoms. The van der Waals surface area contributed by atoms with Gasteiger partial charge in [0.05, 0.1) is 11.3 Å². The maximum absolute atomic E-state index is 13.7. The van der Waals surface area contributed by atoms with Gasteiger partial charge in [0, 0.05) is 31.9 Å². The fraction of sp³-hybridized carbons (Fsp3) is 0.278. The van der Waals surface area contributed by atoms with Crippen LogP contribution >= 0.6 is 0 Å². The fourth-order valence-corrected chi connectivity index (χ4v) is 2.97. The zero-order valence-electron chi connectivity index (χ0n) is 13.2. The number of piperazine rings is 1. The first-order valence-corrected chi connectivity index (χ1v) is 7.76. The number of rotatable bonds is 2. The van der Waals surface area contributed by atoms with Gasteiger partial charge in [-0.05, 0) is 30.3 Å². The fourth-order valence-electron chi connectivity index (χ4n) is 2.97. The largest absolute Gasteiger partial charge is 0.416 e. The predicted molar refractivity (Wildman–Crippen MR) is 87.0 cm³/mol. The van der Waals surface area contributed by atoms with Crippen LogP contribution in [0.5, 0.6) is 0 Å². The summed E-state index contributed by atoms with van der Waals surface area (Å²) < 4.78 is 52.3. The minimum Gasteiger partial charge on any atom is -0.368 e. The summed E-state index contributed by atoms with van der Waals surface area (Å²) in [7, 11) is 0. The number of halogens is 4. The van der Waals surface area contributed by atoms with Gasteiger partial charge in [0.1, 0.15) is 17.4 Å². The Morgan fingerprint density at radius 3 is 2.20 bits per heavy atom. The second-order valence-electron chi connectivity index (χ2n) is 5.77. The molecule has 0 unspecified atom stereocenters. The molecule has 0 N–H and O–H groups in total. The van der Waals surface area contributed by atoms with E-state index in [1.807, 2.05) is 15.9 Å². The molecule has 2 aromatic carbocycles. The third-order valence-corrected chi connectivity index (χ3v) is 4.26. The number of alkyl halides is 3. The Labute approximate surface area is 142 Å². The highest BCUT2D eigenvalue weighted by molar-refractivity contribution is 5.61. The average molecular weight is 349 g/mol. The SMILES string of the molecule is N#Cc1c(F)cccc1N1CCN(c2cccc(C(F)(F)F)c2)CC1. The first kappa shape index (κ1) is 17.1. The summed E-state index contributed by atoms with van der Waals surface area (Å²) in [4.78, 5) is 3.74. The second kappa shape index (κ2) is 6.63. The van der Waals surface area contributed by atoms with Gasteiger partial charge in [-0.25, -0.2) is 4.39 Å². The molecule has 3 rings (SSSR count). The van der Waals surface area contributed by atoms with Gasteiger partial charge in [-0.3, -0.25) is 0 Å². The molecule has 2 aromatic rings. The molecule has 0 radical (unpaired) electrons. The van der Waals surface area contributed by atoms with E-state index in [0.29, 0.717) is 37.6 Å². The molecule has 1 heterocycles. The first-order chi connectivity index (χ1) is 11.9. The molecule has 3 nitrogen and oxygen atoms in total. The average Bonchev–Trinajstić information content (AvgIpc) is 2.61. The van der Waals surface area contributed by atoms with Crippen LogP contribution < -0.4 is 9.80 Å². The number of benzene rings is 2. The van der Waals surface area contributed by atoms with Crippen LogP contribution in [0, 0.1) is 17.1 Å². The van der Waals surface area contributed by atoms with Gasteiger partial charge in [-0.2, -0.15) is 18.4 Å². The van der Waals surface area contributed by atoms with E-state index < -0.39 is 17.6 Å². The summed E-state index contributed by atoms with van der Waals surface area (Å²) >= 11 is 0. The van der Waals surface area contributed by atoms with Crippen LogP contribution in [-0.2, 0) is 6.18 Å². The Morgan fingerprint density at radius 1 is 0.920 bits per heavy atom. The van der Waals surface area contributed by atoms with E-state index in [4.69, 9.17) is 5.26 Å². The molecule has 25 heavy (non-hydrogen) atoms. The predicted octanol–water partition coefficient (Wildman–Crippen LogP) is 4.04. The van der Waals surface area contributed by atoms with Crippen molar-refractivity contribution in [2.45, 2.75) is 6.18 Å². The van der Waals surface area contributed by atoms with Crippen molar-refractivity contribution in [1.82, 2.24) is 0 Å². The van der Waals surface area contributed by atoms with E-state index in [1.165, 1.54) is 12.1 Å². The highest BCUT2D eigenvalue weighted by atomic mass is 19.4. The van der Waals surface area contributed by atoms with E-state index in [-0.39, 0.29) is 5.56 Å². The summed E-state index contributed by atoms with van der Waals surface area (Å²) in [6, 6.07) is 11.6. The molecular weight excluding hydrogens is 334 g/mol. The third kappa shape index (κ3) is 3.53. The third-order valence-electron chi connectivity index (χ3n) is 4.26. The van der Waals surface area contributed by atoms with Crippen LogP contribution in [0.25, 0.3) is 0 Å². The van der Waals surface area contributed by atoms with Crippen molar-refractivity contribution in [2.24, 2.45) is 0 Å². The van der Waals surface area contributed by atoms with E-state index in [9.17, 15) is 17.6 Å². The van der Waals surface area contributed by atoms with Crippen molar-refractivity contribution in [3.63, 3.8) is 0 Å². The van der Waals surface area contributed by atoms with Gasteiger partial charge >= 0.3 is 6.18 Å². The molecule has 1 fully saturated rings. The molecule has 1 saturated heterocycles. The zero-order chi connectivity index (χ0) is 18.0. The Balaban J connectivity index is 1.75. The Bertz CT molecular complexity index is 803. The van der Waals surface area contributed by atoms with Crippen LogP contribution in [0.3, 0.4) is 0 Å². The van der Waals surface area contributed by atoms with Crippen molar-refractivity contribution >= 4 is 11.4 Å². The van der Waals surface area contributed by atoms with Crippen LogP contribution in [0.15, 0.2) is 42.5 Å². The summed E-state index contributed by atoms with van der Waals surface area (Å²) in [6.07, 6.45) is -4.37. The molecular formula is C18H15F4N3. The lowest BCUT2D eigenvalue weighted by atomic mass is 10.1. The minimum atomic E-state index is -4.37. The maximum Gasteiger partial charge on any atom is 0.416 e. The summed E-state index contributed by atoms with van der Waals surface area (Å²) in [6.45, 7) is 1.97. The molecule has 130 valence electrons. The van der Waals surface area contributed by atoms with Gasteiger partial charge in [-0.15, -0.1) is 0 Å². The molecule has 1 aliphatic rings. The molecule has 0 aliphatic carbocycles. The number of nitriles is 1. The highest BCUT2D eigenvalue weighted by Crippen LogP contribution is 2.32. The summed E-state index contributed by atoms with van der Waals surface area (Å²) in [5.41, 5.74) is 0.347. The summed E-state index contributed by atoms with van der Waals surface area (Å²) in [5, 5.41) is 9.13. The topological polar surface area (TPSA) is 30.3 Å². The Hall–Kier alpha value is -2.75. The van der Waals surface area contributed by atoms with Crippen LogP contribution in [0.4, 0.5) is 28.9 Å². The van der Waals surface area contributed by atoms with Gasteiger partial charge in [0.25, 0.3) is 0 Å². The van der Waals surface area contributed by atoms with Crippen molar-refractivity contribution in [3.8, 4) is 6.07 Å². The molecule has 7 heteroatoms. The van der Waals surface area contributed by atoms with Crippen molar-refractivity contribution in [2.75, 3.05) is 36.0 Å². The van der Waals surface area contributed by atoms with Crippen LogP contribution in [0.2, 0.25) is 0 Å². The Kier molecular flexibility index (Phi) is 4.53. The lowest BCUT2D eigenvalue weighted by Crippen LogP contribution is -2.46. The minimum absolute atomic E-state index is 0.00461. The van der Waals surface area contributed by atoms with Crippen LogP contribution in [-0.4, -0.2) is 26.2 Å². The molecule has 0 saturated carbocycles. The Morgan fingerprint density at radius 2 is 1.56 bits per heavy atom. The number of nitrogens with zero attached hydrogens (tertiary/aromatic N) is 3. The van der Waals surface area contributed by atoms with Crippen molar-refractivity contribution in [1.29, 1.82) is 5.26 Å². The normalized spacial score (nSPS) is 15.2. The molecule has 0 aromatic heterocycles. The molecule has 0 atom stereocenters. The lowest BCUT2D eigenvalue weighted by Gasteiger charge is -2.37. The van der Waals surface area contributed by atoms with Gasteiger partial charge < -0.3 is 9.80 Å². The van der Waals surface area contributed by atoms with Crippen molar-refractivity contribution in [3.05, 3.63) is 59.4 Å². The van der Waals surface area contributed by atoms with E-state index in [1.54, 1.807) is 18.2 Å². The van der Waals surface area contributed by atoms with E-state index >= 15 is 0 Å². The smallest absolute Gasteiger partial charge is 0.368 e. The summed E-state index contributed by atoms with van der Waals surface area (Å²) in [5.74, 6) is -0.569. The second-order valence-corrected chi connectivity index (χ2v) is 5.77. The van der Waals surface area contributed by atoms with Crippen LogP contribution in [0.1, 0.15) is 11.1 Å². The first-order valence-electron chi connectivity index (χ1n) is 7.76. The number of hydrogen-bond donors (Lipinski definition) is 0. The standard InChI is InChI=1S/C18H15F4N3/c19-16-5-2-6-17(15(16)12-23)25-9-7-24(8-10-25)14-4-1-3-13(11-14)18(20,21)22/h1-6,11H,7-10H2. The zero-order valence-corrected chi connectivity index (χ0v) is 13.2. The van der Waals surface area contributed by atoms with E-state index in [0.717, 1.165) is 12.1 Å². The molecule has 0 amide bonds. The molecule has 1 aliphatic heterocycles.